The maximum atomic E-state index is 12.9. The number of rotatable bonds is 2. The van der Waals surface area contributed by atoms with Crippen LogP contribution in [0.5, 0.6) is 5.75 Å². The molecular weight excluding hydrogens is 319 g/mol. The summed E-state index contributed by atoms with van der Waals surface area (Å²) in [5.41, 5.74) is -0.268. The third-order valence-corrected chi connectivity index (χ3v) is 3.40. The maximum Gasteiger partial charge on any atom is 0.418 e. The van der Waals surface area contributed by atoms with E-state index in [1.54, 1.807) is 12.1 Å². The average Bonchev–Trinajstić information content (AvgIpc) is 2.46. The number of amides is 1. The molecule has 0 heterocycles. The highest BCUT2D eigenvalue weighted by Crippen LogP contribution is 2.34. The molecule has 0 aliphatic rings. The molecular formula is C18H18F3NO2. The van der Waals surface area contributed by atoms with Crippen LogP contribution in [0.15, 0.2) is 48.5 Å². The van der Waals surface area contributed by atoms with Crippen molar-refractivity contribution in [3.05, 3.63) is 59.7 Å². The zero-order valence-electron chi connectivity index (χ0n) is 13.6. The Bertz CT molecular complexity index is 716. The fraction of sp³-hybridized carbons (Fsp3) is 0.278. The van der Waals surface area contributed by atoms with Crippen molar-refractivity contribution in [2.24, 2.45) is 0 Å². The normalized spacial score (nSPS) is 11.9. The molecule has 0 bridgehead atoms. The number of ether oxygens (including phenoxy) is 1. The Kier molecular flexibility index (Phi) is 4.87. The Labute approximate surface area is 138 Å². The number of nitrogens with one attached hydrogen (secondary N) is 1. The van der Waals surface area contributed by atoms with Crippen molar-refractivity contribution in [1.29, 1.82) is 0 Å². The lowest BCUT2D eigenvalue weighted by Gasteiger charge is -2.19. The summed E-state index contributed by atoms with van der Waals surface area (Å²) in [4.78, 5) is 11.8. The van der Waals surface area contributed by atoms with Crippen LogP contribution in [-0.2, 0) is 11.6 Å². The second-order valence-electron chi connectivity index (χ2n) is 6.33. The quantitative estimate of drug-likeness (QED) is 0.773. The van der Waals surface area contributed by atoms with E-state index < -0.39 is 17.8 Å². The Morgan fingerprint density at radius 1 is 0.958 bits per heavy atom. The first-order valence-corrected chi connectivity index (χ1v) is 7.33. The van der Waals surface area contributed by atoms with Gasteiger partial charge < -0.3 is 4.74 Å². The van der Waals surface area contributed by atoms with Crippen LogP contribution >= 0.6 is 0 Å². The van der Waals surface area contributed by atoms with Gasteiger partial charge in [0.2, 0.25) is 0 Å². The van der Waals surface area contributed by atoms with Gasteiger partial charge in [-0.1, -0.05) is 45.0 Å². The molecule has 0 aliphatic carbocycles. The molecule has 3 nitrogen and oxygen atoms in total. The van der Waals surface area contributed by atoms with Crippen molar-refractivity contribution in [3.8, 4) is 5.75 Å². The van der Waals surface area contributed by atoms with Gasteiger partial charge in [-0.2, -0.15) is 13.2 Å². The van der Waals surface area contributed by atoms with E-state index in [2.05, 4.69) is 5.32 Å². The molecule has 2 rings (SSSR count). The first-order chi connectivity index (χ1) is 11.1. The molecule has 128 valence electrons. The Hall–Kier alpha value is -2.50. The molecule has 0 aliphatic heterocycles. The summed E-state index contributed by atoms with van der Waals surface area (Å²) in [5.74, 6) is 0.255. The average molecular weight is 337 g/mol. The van der Waals surface area contributed by atoms with Crippen LogP contribution in [0.2, 0.25) is 0 Å². The van der Waals surface area contributed by atoms with E-state index in [1.807, 2.05) is 32.9 Å². The minimum absolute atomic E-state index is 0.0492. The molecule has 0 radical (unpaired) electrons. The van der Waals surface area contributed by atoms with Crippen molar-refractivity contribution in [1.82, 2.24) is 0 Å². The van der Waals surface area contributed by atoms with E-state index in [1.165, 1.54) is 18.2 Å². The van der Waals surface area contributed by atoms with Gasteiger partial charge in [0.1, 0.15) is 5.75 Å². The summed E-state index contributed by atoms with van der Waals surface area (Å²) >= 11 is 0. The fourth-order valence-corrected chi connectivity index (χ4v) is 2.10. The van der Waals surface area contributed by atoms with Crippen LogP contribution in [-0.4, -0.2) is 6.09 Å². The third-order valence-electron chi connectivity index (χ3n) is 3.40. The summed E-state index contributed by atoms with van der Waals surface area (Å²) in [7, 11) is 0. The largest absolute Gasteiger partial charge is 0.418 e. The first-order valence-electron chi connectivity index (χ1n) is 7.33. The molecule has 0 atom stereocenters. The molecule has 1 amide bonds. The molecule has 0 aromatic heterocycles. The molecule has 0 saturated heterocycles. The first kappa shape index (κ1) is 17.8. The van der Waals surface area contributed by atoms with E-state index in [4.69, 9.17) is 4.74 Å². The van der Waals surface area contributed by atoms with Crippen LogP contribution in [0, 0.1) is 0 Å². The zero-order chi connectivity index (χ0) is 18.0. The highest BCUT2D eigenvalue weighted by Gasteiger charge is 2.33. The predicted octanol–water partition coefficient (Wildman–Crippen LogP) is 5.61. The van der Waals surface area contributed by atoms with Crippen LogP contribution in [0.25, 0.3) is 0 Å². The molecule has 1 N–H and O–H groups in total. The van der Waals surface area contributed by atoms with Crippen molar-refractivity contribution in [3.63, 3.8) is 0 Å². The van der Waals surface area contributed by atoms with Gasteiger partial charge in [0.15, 0.2) is 0 Å². The summed E-state index contributed by atoms with van der Waals surface area (Å²) in [6, 6.07) is 11.6. The van der Waals surface area contributed by atoms with Gasteiger partial charge in [0, 0.05) is 0 Å². The molecule has 2 aromatic carbocycles. The second-order valence-corrected chi connectivity index (χ2v) is 6.33. The van der Waals surface area contributed by atoms with E-state index in [0.717, 1.165) is 11.6 Å². The number of carbonyl (C=O) groups excluding carboxylic acids is 1. The van der Waals surface area contributed by atoms with Crippen LogP contribution in [0.4, 0.5) is 23.7 Å². The van der Waals surface area contributed by atoms with Crippen molar-refractivity contribution in [2.45, 2.75) is 32.4 Å². The Morgan fingerprint density at radius 3 is 2.08 bits per heavy atom. The van der Waals surface area contributed by atoms with E-state index in [0.29, 0.717) is 0 Å². The lowest BCUT2D eigenvalue weighted by atomic mass is 9.87. The number of para-hydroxylation sites is 1. The SMILES string of the molecule is CC(C)(C)c1ccc(OC(=O)Nc2ccccc2C(F)(F)F)cc1. The monoisotopic (exact) mass is 337 g/mol. The Morgan fingerprint density at radius 2 is 1.54 bits per heavy atom. The highest BCUT2D eigenvalue weighted by atomic mass is 19.4. The Balaban J connectivity index is 2.10. The molecule has 2 aromatic rings. The molecule has 6 heteroatoms. The molecule has 24 heavy (non-hydrogen) atoms. The summed E-state index contributed by atoms with van der Waals surface area (Å²) in [6.45, 7) is 6.14. The highest BCUT2D eigenvalue weighted by molar-refractivity contribution is 5.87. The predicted molar refractivity (Wildman–Crippen MR) is 86.2 cm³/mol. The number of alkyl halides is 3. The lowest BCUT2D eigenvalue weighted by molar-refractivity contribution is -0.136. The van der Waals surface area contributed by atoms with Gasteiger partial charge in [-0.25, -0.2) is 4.79 Å². The summed E-state index contributed by atoms with van der Waals surface area (Å²) in [5, 5.41) is 2.13. The van der Waals surface area contributed by atoms with Gasteiger partial charge in [-0.3, -0.25) is 5.32 Å². The third kappa shape index (κ3) is 4.50. The van der Waals surface area contributed by atoms with Gasteiger partial charge in [-0.15, -0.1) is 0 Å². The number of hydrogen-bond acceptors (Lipinski definition) is 2. The van der Waals surface area contributed by atoms with Gasteiger partial charge in [-0.05, 0) is 35.2 Å². The second kappa shape index (κ2) is 6.55. The maximum absolute atomic E-state index is 12.9. The minimum atomic E-state index is -4.56. The number of halogens is 3. The van der Waals surface area contributed by atoms with Crippen LogP contribution in [0.3, 0.4) is 0 Å². The molecule has 0 unspecified atom stereocenters. The zero-order valence-corrected chi connectivity index (χ0v) is 13.6. The van der Waals surface area contributed by atoms with Crippen molar-refractivity contribution in [2.75, 3.05) is 5.32 Å². The minimum Gasteiger partial charge on any atom is -0.410 e. The number of hydrogen-bond donors (Lipinski definition) is 1. The number of carbonyl (C=O) groups is 1. The summed E-state index contributed by atoms with van der Waals surface area (Å²) in [6.07, 6.45) is -5.53. The van der Waals surface area contributed by atoms with E-state index in [9.17, 15) is 18.0 Å². The number of benzene rings is 2. The van der Waals surface area contributed by atoms with Crippen molar-refractivity contribution >= 4 is 11.8 Å². The standard InChI is InChI=1S/C18H18F3NO2/c1-17(2,3)12-8-10-13(11-9-12)24-16(23)22-15-7-5-4-6-14(15)18(19,20)21/h4-11H,1-3H3,(H,22,23). The summed E-state index contributed by atoms with van der Waals surface area (Å²) < 4.78 is 43.7. The van der Waals surface area contributed by atoms with E-state index >= 15 is 0 Å². The van der Waals surface area contributed by atoms with Gasteiger partial charge >= 0.3 is 12.3 Å². The molecule has 0 saturated carbocycles. The molecule has 0 spiro atoms. The van der Waals surface area contributed by atoms with Crippen LogP contribution < -0.4 is 10.1 Å². The van der Waals surface area contributed by atoms with Gasteiger partial charge in [0.05, 0.1) is 11.3 Å². The lowest BCUT2D eigenvalue weighted by Crippen LogP contribution is -2.20. The van der Waals surface area contributed by atoms with Gasteiger partial charge in [0.25, 0.3) is 0 Å². The van der Waals surface area contributed by atoms with Crippen molar-refractivity contribution < 1.29 is 22.7 Å². The topological polar surface area (TPSA) is 38.3 Å². The molecule has 0 fully saturated rings. The van der Waals surface area contributed by atoms with Crippen LogP contribution in [0.1, 0.15) is 31.9 Å². The smallest absolute Gasteiger partial charge is 0.410 e. The fourth-order valence-electron chi connectivity index (χ4n) is 2.10. The van der Waals surface area contributed by atoms with E-state index in [-0.39, 0.29) is 16.9 Å². The number of anilines is 1.